The van der Waals surface area contributed by atoms with Crippen molar-refractivity contribution in [2.75, 3.05) is 13.1 Å². The highest BCUT2D eigenvalue weighted by Gasteiger charge is 2.33. The summed E-state index contributed by atoms with van der Waals surface area (Å²) in [5.41, 5.74) is 2.81. The Kier molecular flexibility index (Phi) is 3.09. The largest absolute Gasteiger partial charge is 0.331 e. The van der Waals surface area contributed by atoms with Gasteiger partial charge in [-0.25, -0.2) is 0 Å². The zero-order valence-electron chi connectivity index (χ0n) is 11.9. The van der Waals surface area contributed by atoms with Crippen molar-refractivity contribution < 1.29 is 0 Å². The first kappa shape index (κ1) is 13.1. The molecule has 1 N–H and O–H groups in total. The van der Waals surface area contributed by atoms with Crippen molar-refractivity contribution in [2.45, 2.75) is 37.8 Å². The Morgan fingerprint density at radius 2 is 2.14 bits per heavy atom. The number of aromatic nitrogens is 2. The van der Waals surface area contributed by atoms with E-state index in [1.807, 2.05) is 18.2 Å². The molecular formula is C16H18N4S. The number of rotatable bonds is 1. The van der Waals surface area contributed by atoms with Gasteiger partial charge in [0.1, 0.15) is 0 Å². The number of hydrogen-bond donors (Lipinski definition) is 1. The molecule has 1 aromatic carbocycles. The van der Waals surface area contributed by atoms with Crippen LogP contribution >= 0.6 is 12.2 Å². The first-order valence-electron chi connectivity index (χ1n) is 7.64. The third kappa shape index (κ3) is 2.10. The van der Waals surface area contributed by atoms with Gasteiger partial charge >= 0.3 is 0 Å². The second-order valence-electron chi connectivity index (χ2n) is 6.15. The quantitative estimate of drug-likeness (QED) is 0.821. The molecule has 0 radical (unpaired) electrons. The number of aromatic amines is 1. The fourth-order valence-corrected chi connectivity index (χ4v) is 4.35. The summed E-state index contributed by atoms with van der Waals surface area (Å²) in [5, 5.41) is 9.13. The average molecular weight is 298 g/mol. The first-order chi connectivity index (χ1) is 10.3. The third-order valence-corrected chi connectivity index (χ3v) is 5.30. The van der Waals surface area contributed by atoms with Gasteiger partial charge in [-0.2, -0.15) is 5.26 Å². The summed E-state index contributed by atoms with van der Waals surface area (Å²) < 4.78 is 3.04. The minimum absolute atomic E-state index is 0.458. The van der Waals surface area contributed by atoms with E-state index in [2.05, 4.69) is 20.5 Å². The van der Waals surface area contributed by atoms with Crippen LogP contribution in [0, 0.1) is 16.1 Å². The van der Waals surface area contributed by atoms with Crippen molar-refractivity contribution in [3.63, 3.8) is 0 Å². The minimum atomic E-state index is 0.458. The molecule has 4 rings (SSSR count). The Morgan fingerprint density at radius 3 is 3.00 bits per heavy atom. The standard InChI is InChI=1S/C16H18N4S/c17-10-11-3-4-14-15(8-11)20(16(21)18-14)13-5-7-19-6-1-2-12(19)9-13/h3-4,8,12-13H,1-2,5-7,9H2,(H,18,21). The molecule has 2 fully saturated rings. The van der Waals surface area contributed by atoms with E-state index < -0.39 is 0 Å². The minimum Gasteiger partial charge on any atom is -0.331 e. The van der Waals surface area contributed by atoms with E-state index in [9.17, 15) is 0 Å². The lowest BCUT2D eigenvalue weighted by Crippen LogP contribution is -2.38. The smallest absolute Gasteiger partial charge is 0.178 e. The summed E-state index contributed by atoms with van der Waals surface area (Å²) in [6, 6.07) is 9.17. The zero-order chi connectivity index (χ0) is 14.4. The molecule has 0 amide bonds. The third-order valence-electron chi connectivity index (χ3n) is 5.00. The van der Waals surface area contributed by atoms with E-state index in [1.54, 1.807) is 0 Å². The molecule has 2 aromatic rings. The molecule has 2 aliphatic rings. The zero-order valence-corrected chi connectivity index (χ0v) is 12.7. The van der Waals surface area contributed by atoms with E-state index in [4.69, 9.17) is 17.5 Å². The van der Waals surface area contributed by atoms with Crippen LogP contribution in [-0.2, 0) is 0 Å². The molecule has 1 aromatic heterocycles. The van der Waals surface area contributed by atoms with E-state index in [0.29, 0.717) is 11.6 Å². The number of hydrogen-bond acceptors (Lipinski definition) is 3. The molecule has 2 aliphatic heterocycles. The Hall–Kier alpha value is -1.64. The fourth-order valence-electron chi connectivity index (χ4n) is 3.99. The number of nitriles is 1. The molecule has 3 heterocycles. The summed E-state index contributed by atoms with van der Waals surface area (Å²) in [4.78, 5) is 5.91. The number of benzene rings is 1. The number of nitrogens with zero attached hydrogens (tertiary/aromatic N) is 3. The monoisotopic (exact) mass is 298 g/mol. The topological polar surface area (TPSA) is 47.8 Å². The Balaban J connectivity index is 1.77. The summed E-state index contributed by atoms with van der Waals surface area (Å²) in [5.74, 6) is 0. The van der Waals surface area contributed by atoms with Crippen molar-refractivity contribution in [1.29, 1.82) is 5.26 Å². The molecule has 4 nitrogen and oxygen atoms in total. The summed E-state index contributed by atoms with van der Waals surface area (Å²) in [6.07, 6.45) is 4.97. The maximum Gasteiger partial charge on any atom is 0.178 e. The lowest BCUT2D eigenvalue weighted by atomic mass is 9.97. The first-order valence-corrected chi connectivity index (χ1v) is 8.05. The van der Waals surface area contributed by atoms with Crippen LogP contribution in [0.1, 0.15) is 37.3 Å². The summed E-state index contributed by atoms with van der Waals surface area (Å²) in [6.45, 7) is 2.43. The summed E-state index contributed by atoms with van der Waals surface area (Å²) >= 11 is 5.54. The average Bonchev–Trinajstić information content (AvgIpc) is 3.08. The van der Waals surface area contributed by atoms with Crippen LogP contribution in [0.25, 0.3) is 11.0 Å². The van der Waals surface area contributed by atoms with E-state index in [-0.39, 0.29) is 0 Å². The van der Waals surface area contributed by atoms with Gasteiger partial charge in [0.05, 0.1) is 22.7 Å². The van der Waals surface area contributed by atoms with Gasteiger partial charge in [0.15, 0.2) is 4.77 Å². The van der Waals surface area contributed by atoms with E-state index in [0.717, 1.165) is 28.3 Å². The SMILES string of the molecule is N#Cc1ccc2[nH]c(=S)n(C3CCN4CCCC4C3)c2c1. The molecule has 0 spiro atoms. The van der Waals surface area contributed by atoms with Gasteiger partial charge in [-0.05, 0) is 62.6 Å². The van der Waals surface area contributed by atoms with Crippen LogP contribution in [0.3, 0.4) is 0 Å². The van der Waals surface area contributed by atoms with Crippen molar-refractivity contribution in [3.05, 3.63) is 28.5 Å². The fraction of sp³-hybridized carbons (Fsp3) is 0.500. The molecule has 108 valence electrons. The van der Waals surface area contributed by atoms with Gasteiger partial charge in [-0.15, -0.1) is 0 Å². The highest BCUT2D eigenvalue weighted by Crippen LogP contribution is 2.35. The van der Waals surface area contributed by atoms with Crippen LogP contribution in [0.2, 0.25) is 0 Å². The van der Waals surface area contributed by atoms with E-state index in [1.165, 1.54) is 32.4 Å². The van der Waals surface area contributed by atoms with Crippen molar-refractivity contribution in [1.82, 2.24) is 14.5 Å². The van der Waals surface area contributed by atoms with Crippen LogP contribution < -0.4 is 0 Å². The molecule has 2 unspecified atom stereocenters. The molecule has 5 heteroatoms. The Labute approximate surface area is 129 Å². The van der Waals surface area contributed by atoms with Gasteiger partial charge in [0, 0.05) is 18.6 Å². The Bertz CT molecular complexity index is 782. The molecule has 0 aliphatic carbocycles. The number of nitrogens with one attached hydrogen (secondary N) is 1. The van der Waals surface area contributed by atoms with Crippen molar-refractivity contribution in [2.24, 2.45) is 0 Å². The highest BCUT2D eigenvalue weighted by molar-refractivity contribution is 7.71. The van der Waals surface area contributed by atoms with Crippen LogP contribution in [0.4, 0.5) is 0 Å². The maximum atomic E-state index is 9.13. The number of piperidine rings is 1. The van der Waals surface area contributed by atoms with Gasteiger partial charge < -0.3 is 14.5 Å². The second-order valence-corrected chi connectivity index (χ2v) is 6.54. The predicted molar refractivity (Wildman–Crippen MR) is 84.7 cm³/mol. The van der Waals surface area contributed by atoms with Gasteiger partial charge in [-0.1, -0.05) is 0 Å². The second kappa shape index (κ2) is 4.97. The van der Waals surface area contributed by atoms with Crippen molar-refractivity contribution in [3.8, 4) is 6.07 Å². The van der Waals surface area contributed by atoms with E-state index >= 15 is 0 Å². The predicted octanol–water partition coefficient (Wildman–Crippen LogP) is 3.37. The van der Waals surface area contributed by atoms with Crippen LogP contribution in [-0.4, -0.2) is 33.6 Å². The normalized spacial score (nSPS) is 25.9. The maximum absolute atomic E-state index is 9.13. The lowest BCUT2D eigenvalue weighted by Gasteiger charge is -2.35. The molecule has 0 bridgehead atoms. The van der Waals surface area contributed by atoms with Crippen LogP contribution in [0.5, 0.6) is 0 Å². The van der Waals surface area contributed by atoms with Gasteiger partial charge in [0.2, 0.25) is 0 Å². The molecule has 0 saturated carbocycles. The van der Waals surface area contributed by atoms with Crippen molar-refractivity contribution >= 4 is 23.3 Å². The Morgan fingerprint density at radius 1 is 1.24 bits per heavy atom. The van der Waals surface area contributed by atoms with Crippen LogP contribution in [0.15, 0.2) is 18.2 Å². The van der Waals surface area contributed by atoms with Gasteiger partial charge in [-0.3, -0.25) is 0 Å². The molecular weight excluding hydrogens is 280 g/mol. The number of fused-ring (bicyclic) bond motifs is 2. The number of H-pyrrole nitrogens is 1. The molecule has 2 saturated heterocycles. The number of imidazole rings is 1. The molecule has 21 heavy (non-hydrogen) atoms. The van der Waals surface area contributed by atoms with Gasteiger partial charge in [0.25, 0.3) is 0 Å². The lowest BCUT2D eigenvalue weighted by molar-refractivity contribution is 0.156. The highest BCUT2D eigenvalue weighted by atomic mass is 32.1. The molecule has 2 atom stereocenters. The summed E-state index contributed by atoms with van der Waals surface area (Å²) in [7, 11) is 0.